The Kier molecular flexibility index (Phi) is 4.64. The van der Waals surface area contributed by atoms with Crippen LogP contribution in [0.5, 0.6) is 11.5 Å². The monoisotopic (exact) mass is 313 g/mol. The third kappa shape index (κ3) is 3.16. The van der Waals surface area contributed by atoms with Gasteiger partial charge in [0.25, 0.3) is 0 Å². The third-order valence-corrected chi connectivity index (χ3v) is 4.38. The highest BCUT2D eigenvalue weighted by atomic mass is 16.4. The predicted molar refractivity (Wildman–Crippen MR) is 88.7 cm³/mol. The fourth-order valence-electron chi connectivity index (χ4n) is 2.91. The molecule has 0 heterocycles. The van der Waals surface area contributed by atoms with Gasteiger partial charge in [-0.3, -0.25) is 4.79 Å². The highest BCUT2D eigenvalue weighted by Crippen LogP contribution is 2.41. The summed E-state index contributed by atoms with van der Waals surface area (Å²) in [5, 5.41) is 28.9. The number of hydrogen-bond donors (Lipinski definition) is 3. The molecule has 0 bridgehead atoms. The molecule has 0 saturated heterocycles. The van der Waals surface area contributed by atoms with Crippen molar-refractivity contribution in [2.24, 2.45) is 0 Å². The quantitative estimate of drug-likeness (QED) is 0.786. The van der Waals surface area contributed by atoms with Crippen molar-refractivity contribution in [3.8, 4) is 11.5 Å². The van der Waals surface area contributed by atoms with E-state index >= 15 is 0 Å². The molecule has 0 amide bonds. The Morgan fingerprint density at radius 2 is 1.43 bits per heavy atom. The molecule has 4 heteroatoms. The second-order valence-electron chi connectivity index (χ2n) is 5.91. The molecule has 0 aromatic heterocycles. The first-order valence-corrected chi connectivity index (χ1v) is 7.41. The topological polar surface area (TPSA) is 77.8 Å². The molecule has 0 fully saturated rings. The lowest BCUT2D eigenvalue weighted by atomic mass is 9.69. The van der Waals surface area contributed by atoms with Gasteiger partial charge in [-0.1, -0.05) is 31.2 Å². The van der Waals surface area contributed by atoms with E-state index in [1.807, 2.05) is 0 Å². The van der Waals surface area contributed by atoms with Gasteiger partial charge < -0.3 is 15.3 Å². The second-order valence-corrected chi connectivity index (χ2v) is 5.91. The lowest BCUT2D eigenvalue weighted by Gasteiger charge is -2.33. The maximum atomic E-state index is 11.5. The highest BCUT2D eigenvalue weighted by Gasteiger charge is 2.35. The van der Waals surface area contributed by atoms with E-state index in [0.717, 1.165) is 11.1 Å². The predicted octanol–water partition coefficient (Wildman–Crippen LogP) is 3.70. The van der Waals surface area contributed by atoms with E-state index in [0.29, 0.717) is 17.5 Å². The van der Waals surface area contributed by atoms with Crippen LogP contribution in [0, 0.1) is 20.8 Å². The Balaban J connectivity index is 2.70. The van der Waals surface area contributed by atoms with Crippen molar-refractivity contribution in [3.05, 3.63) is 65.6 Å². The SMILES string of the molecule is [CH2]CC(CC(=O)O)(c1ccc(O)c(C)c1)c1ccc(O)c(C)c1. The average molecular weight is 313 g/mol. The Morgan fingerprint density at radius 1 is 1.00 bits per heavy atom. The molecule has 0 atom stereocenters. The smallest absolute Gasteiger partial charge is 0.304 e. The van der Waals surface area contributed by atoms with Gasteiger partial charge in [-0.15, -0.1) is 0 Å². The number of rotatable bonds is 5. The molecule has 23 heavy (non-hydrogen) atoms. The molecule has 0 unspecified atom stereocenters. The van der Waals surface area contributed by atoms with Crippen LogP contribution in [0.2, 0.25) is 0 Å². The lowest BCUT2D eigenvalue weighted by Crippen LogP contribution is -2.30. The van der Waals surface area contributed by atoms with Gasteiger partial charge in [0.05, 0.1) is 6.42 Å². The molecule has 2 rings (SSSR count). The zero-order chi connectivity index (χ0) is 17.2. The van der Waals surface area contributed by atoms with Crippen molar-refractivity contribution in [2.45, 2.75) is 32.1 Å². The Bertz CT molecular complexity index is 683. The van der Waals surface area contributed by atoms with Crippen LogP contribution in [0.1, 0.15) is 35.1 Å². The molecule has 2 aromatic carbocycles. The summed E-state index contributed by atoms with van der Waals surface area (Å²) in [6.45, 7) is 7.53. The molecule has 1 radical (unpaired) electrons. The van der Waals surface area contributed by atoms with Gasteiger partial charge in [-0.25, -0.2) is 0 Å². The van der Waals surface area contributed by atoms with Crippen LogP contribution < -0.4 is 0 Å². The minimum absolute atomic E-state index is 0.120. The van der Waals surface area contributed by atoms with Gasteiger partial charge in [-0.2, -0.15) is 0 Å². The maximum absolute atomic E-state index is 11.5. The summed E-state index contributed by atoms with van der Waals surface area (Å²) in [7, 11) is 0. The molecular weight excluding hydrogens is 292 g/mol. The van der Waals surface area contributed by atoms with E-state index in [2.05, 4.69) is 6.92 Å². The number of phenolic OH excluding ortho intramolecular Hbond substituents is 2. The summed E-state index contributed by atoms with van der Waals surface area (Å²) in [6.07, 6.45) is 0.221. The molecule has 3 N–H and O–H groups in total. The molecule has 0 saturated carbocycles. The van der Waals surface area contributed by atoms with Crippen LogP contribution in [0.25, 0.3) is 0 Å². The van der Waals surface area contributed by atoms with Gasteiger partial charge in [0, 0.05) is 5.41 Å². The Hall–Kier alpha value is -2.49. The summed E-state index contributed by atoms with van der Waals surface area (Å²) in [6, 6.07) is 10.2. The number of aromatic hydroxyl groups is 2. The number of carboxylic acids is 1. The van der Waals surface area contributed by atoms with Crippen molar-refractivity contribution in [1.29, 1.82) is 0 Å². The maximum Gasteiger partial charge on any atom is 0.304 e. The molecule has 0 aliphatic rings. The number of aliphatic carboxylic acids is 1. The molecule has 0 aliphatic heterocycles. The average Bonchev–Trinajstić information content (AvgIpc) is 2.50. The van der Waals surface area contributed by atoms with E-state index in [9.17, 15) is 20.1 Å². The van der Waals surface area contributed by atoms with Gasteiger partial charge in [0.2, 0.25) is 0 Å². The van der Waals surface area contributed by atoms with Crippen LogP contribution in [-0.4, -0.2) is 21.3 Å². The van der Waals surface area contributed by atoms with E-state index in [4.69, 9.17) is 0 Å². The summed E-state index contributed by atoms with van der Waals surface area (Å²) in [5.74, 6) is -0.585. The molecule has 4 nitrogen and oxygen atoms in total. The van der Waals surface area contributed by atoms with Crippen LogP contribution in [0.15, 0.2) is 36.4 Å². The van der Waals surface area contributed by atoms with Crippen LogP contribution in [0.4, 0.5) is 0 Å². The zero-order valence-corrected chi connectivity index (χ0v) is 13.3. The van der Waals surface area contributed by atoms with Crippen molar-refractivity contribution in [1.82, 2.24) is 0 Å². The first kappa shape index (κ1) is 16.9. The van der Waals surface area contributed by atoms with Gasteiger partial charge in [-0.05, 0) is 54.7 Å². The molecule has 0 spiro atoms. The lowest BCUT2D eigenvalue weighted by molar-refractivity contribution is -0.138. The van der Waals surface area contributed by atoms with Crippen LogP contribution in [0.3, 0.4) is 0 Å². The molecular formula is C19H21O4. The van der Waals surface area contributed by atoms with E-state index < -0.39 is 11.4 Å². The number of benzene rings is 2. The number of hydrogen-bond acceptors (Lipinski definition) is 3. The normalized spacial score (nSPS) is 11.4. The molecule has 2 aromatic rings. The number of phenols is 2. The zero-order valence-electron chi connectivity index (χ0n) is 13.3. The van der Waals surface area contributed by atoms with Crippen molar-refractivity contribution < 1.29 is 20.1 Å². The van der Waals surface area contributed by atoms with Gasteiger partial charge in [0.1, 0.15) is 11.5 Å². The molecule has 0 aliphatic carbocycles. The number of aryl methyl sites for hydroxylation is 2. The minimum Gasteiger partial charge on any atom is -0.508 e. The Labute approximate surface area is 136 Å². The second kappa shape index (κ2) is 6.32. The van der Waals surface area contributed by atoms with Crippen molar-refractivity contribution >= 4 is 5.97 Å². The largest absolute Gasteiger partial charge is 0.508 e. The first-order valence-electron chi connectivity index (χ1n) is 7.41. The van der Waals surface area contributed by atoms with E-state index in [1.54, 1.807) is 50.2 Å². The van der Waals surface area contributed by atoms with Crippen LogP contribution >= 0.6 is 0 Å². The van der Waals surface area contributed by atoms with E-state index in [1.165, 1.54) is 0 Å². The summed E-state index contributed by atoms with van der Waals surface area (Å²) < 4.78 is 0. The fraction of sp³-hybridized carbons (Fsp3) is 0.263. The summed E-state index contributed by atoms with van der Waals surface area (Å²) >= 11 is 0. The molecule has 121 valence electrons. The highest BCUT2D eigenvalue weighted by molar-refractivity contribution is 5.71. The van der Waals surface area contributed by atoms with Crippen molar-refractivity contribution in [3.63, 3.8) is 0 Å². The van der Waals surface area contributed by atoms with Crippen molar-refractivity contribution in [2.75, 3.05) is 0 Å². The number of carbonyl (C=O) groups is 1. The summed E-state index contributed by atoms with van der Waals surface area (Å²) in [5.41, 5.74) is 2.12. The van der Waals surface area contributed by atoms with Crippen LogP contribution in [-0.2, 0) is 10.2 Å². The van der Waals surface area contributed by atoms with Gasteiger partial charge >= 0.3 is 5.97 Å². The third-order valence-electron chi connectivity index (χ3n) is 4.38. The number of carboxylic acid groups (broad SMARTS) is 1. The van der Waals surface area contributed by atoms with E-state index in [-0.39, 0.29) is 17.9 Å². The first-order chi connectivity index (χ1) is 10.8. The minimum atomic E-state index is -0.926. The fourth-order valence-corrected chi connectivity index (χ4v) is 2.91. The standard InChI is InChI=1S/C19H21O4/c1-4-19(11-18(22)23,14-5-7-16(20)12(2)9-14)15-6-8-17(21)13(3)10-15/h5-10,20-21H,1,4,11H2,2-3H3,(H,22,23). The Morgan fingerprint density at radius 3 is 1.74 bits per heavy atom. The van der Waals surface area contributed by atoms with Gasteiger partial charge in [0.15, 0.2) is 0 Å². The summed E-state index contributed by atoms with van der Waals surface area (Å²) in [4.78, 5) is 11.5.